The van der Waals surface area contributed by atoms with Crippen molar-refractivity contribution in [3.8, 4) is 0 Å². The van der Waals surface area contributed by atoms with E-state index in [2.05, 4.69) is 0 Å². The predicted octanol–water partition coefficient (Wildman–Crippen LogP) is 5.22. The standard InChI is InChI=1S/C21H20ClFN2O2/c22-19-7-2-1-6-18(19)20-14-25(10-11-27-20)21(26)24-9-8-16(13-24)15-4-3-5-17(23)12-15/h2-5,7,10-12,14,16H,1,6,8-9,13H2. The monoisotopic (exact) mass is 386 g/mol. The van der Waals surface area contributed by atoms with E-state index in [-0.39, 0.29) is 17.8 Å². The highest BCUT2D eigenvalue weighted by molar-refractivity contribution is 6.31. The fraction of sp³-hybridized carbons (Fsp3) is 0.286. The van der Waals surface area contributed by atoms with Crippen LogP contribution in [-0.4, -0.2) is 28.9 Å². The summed E-state index contributed by atoms with van der Waals surface area (Å²) >= 11 is 6.27. The van der Waals surface area contributed by atoms with Crippen LogP contribution in [-0.2, 0) is 4.74 Å². The number of likely N-dealkylation sites (tertiary alicyclic amines) is 1. The average Bonchev–Trinajstić information content (AvgIpc) is 3.18. The first-order valence-electron chi connectivity index (χ1n) is 9.05. The molecule has 0 saturated carbocycles. The number of urea groups is 1. The Kier molecular flexibility index (Phi) is 5.03. The first-order valence-corrected chi connectivity index (χ1v) is 9.43. The van der Waals surface area contributed by atoms with Crippen molar-refractivity contribution in [2.24, 2.45) is 0 Å². The molecule has 27 heavy (non-hydrogen) atoms. The summed E-state index contributed by atoms with van der Waals surface area (Å²) in [5, 5.41) is 0.641. The van der Waals surface area contributed by atoms with Crippen LogP contribution in [0.1, 0.15) is 30.7 Å². The molecule has 2 amide bonds. The van der Waals surface area contributed by atoms with Crippen LogP contribution < -0.4 is 0 Å². The number of hydrogen-bond acceptors (Lipinski definition) is 2. The first kappa shape index (κ1) is 17.9. The fourth-order valence-corrected chi connectivity index (χ4v) is 3.92. The zero-order valence-corrected chi connectivity index (χ0v) is 15.5. The maximum atomic E-state index is 13.5. The average molecular weight is 387 g/mol. The Morgan fingerprint density at radius 1 is 1.33 bits per heavy atom. The molecule has 4 nitrogen and oxygen atoms in total. The van der Waals surface area contributed by atoms with E-state index in [1.807, 2.05) is 18.2 Å². The molecule has 1 aromatic carbocycles. The molecule has 1 aromatic rings. The lowest BCUT2D eigenvalue weighted by Crippen LogP contribution is -2.37. The summed E-state index contributed by atoms with van der Waals surface area (Å²) in [6.45, 7) is 1.21. The molecule has 1 atom stereocenters. The highest BCUT2D eigenvalue weighted by Gasteiger charge is 2.30. The van der Waals surface area contributed by atoms with Crippen LogP contribution in [0, 0.1) is 5.82 Å². The van der Waals surface area contributed by atoms with Gasteiger partial charge in [-0.05, 0) is 43.0 Å². The Morgan fingerprint density at radius 3 is 3.04 bits per heavy atom. The van der Waals surface area contributed by atoms with Crippen LogP contribution in [0.3, 0.4) is 0 Å². The Bertz CT molecular complexity index is 875. The molecular formula is C21H20ClFN2O2. The van der Waals surface area contributed by atoms with Crippen LogP contribution in [0.5, 0.6) is 0 Å². The Balaban J connectivity index is 1.47. The van der Waals surface area contributed by atoms with Gasteiger partial charge in [-0.1, -0.05) is 29.8 Å². The normalized spacial score (nSPS) is 22.1. The van der Waals surface area contributed by atoms with Crippen LogP contribution in [0.25, 0.3) is 0 Å². The van der Waals surface area contributed by atoms with Gasteiger partial charge in [-0.3, -0.25) is 4.90 Å². The molecule has 0 spiro atoms. The van der Waals surface area contributed by atoms with Crippen molar-refractivity contribution in [2.75, 3.05) is 13.1 Å². The van der Waals surface area contributed by atoms with Crippen LogP contribution in [0.15, 0.2) is 71.4 Å². The number of halogens is 2. The van der Waals surface area contributed by atoms with E-state index in [9.17, 15) is 9.18 Å². The van der Waals surface area contributed by atoms with Gasteiger partial charge in [0.1, 0.15) is 17.8 Å². The van der Waals surface area contributed by atoms with Gasteiger partial charge in [0.2, 0.25) is 0 Å². The third kappa shape index (κ3) is 3.78. The molecule has 0 N–H and O–H groups in total. The zero-order valence-electron chi connectivity index (χ0n) is 14.8. The molecule has 2 aliphatic heterocycles. The Morgan fingerprint density at radius 2 is 2.22 bits per heavy atom. The number of ether oxygens (including phenoxy) is 1. The first-order chi connectivity index (χ1) is 13.1. The highest BCUT2D eigenvalue weighted by atomic mass is 35.5. The van der Waals surface area contributed by atoms with Gasteiger partial charge in [0.25, 0.3) is 0 Å². The largest absolute Gasteiger partial charge is 0.462 e. The smallest absolute Gasteiger partial charge is 0.328 e. The van der Waals surface area contributed by atoms with Gasteiger partial charge in [0.05, 0.1) is 6.20 Å². The molecule has 0 aromatic heterocycles. The van der Waals surface area contributed by atoms with E-state index in [0.717, 1.165) is 30.4 Å². The van der Waals surface area contributed by atoms with E-state index < -0.39 is 0 Å². The summed E-state index contributed by atoms with van der Waals surface area (Å²) in [5.74, 6) is 0.507. The van der Waals surface area contributed by atoms with Gasteiger partial charge in [-0.15, -0.1) is 0 Å². The molecule has 3 aliphatic rings. The Hall–Kier alpha value is -2.53. The second-order valence-corrected chi connectivity index (χ2v) is 7.25. The molecule has 6 heteroatoms. The molecule has 4 rings (SSSR count). The summed E-state index contributed by atoms with van der Waals surface area (Å²) in [5.41, 5.74) is 1.84. The maximum Gasteiger partial charge on any atom is 0.328 e. The zero-order chi connectivity index (χ0) is 18.8. The number of allylic oxidation sites excluding steroid dienone is 4. The number of amides is 2. The topological polar surface area (TPSA) is 32.8 Å². The number of rotatable bonds is 2. The predicted molar refractivity (Wildman–Crippen MR) is 102 cm³/mol. The lowest BCUT2D eigenvalue weighted by molar-refractivity contribution is 0.185. The molecule has 2 heterocycles. The van der Waals surface area contributed by atoms with Gasteiger partial charge in [0.15, 0.2) is 0 Å². The third-order valence-corrected chi connectivity index (χ3v) is 5.44. The van der Waals surface area contributed by atoms with Crippen molar-refractivity contribution < 1.29 is 13.9 Å². The van der Waals surface area contributed by atoms with E-state index >= 15 is 0 Å². The highest BCUT2D eigenvalue weighted by Crippen LogP contribution is 2.32. The minimum atomic E-state index is -0.243. The second-order valence-electron chi connectivity index (χ2n) is 6.84. The van der Waals surface area contributed by atoms with Crippen molar-refractivity contribution in [3.63, 3.8) is 0 Å². The van der Waals surface area contributed by atoms with E-state index in [4.69, 9.17) is 16.3 Å². The van der Waals surface area contributed by atoms with Crippen molar-refractivity contribution in [1.29, 1.82) is 0 Å². The van der Waals surface area contributed by atoms with Gasteiger partial charge >= 0.3 is 6.03 Å². The summed E-state index contributed by atoms with van der Waals surface area (Å²) in [4.78, 5) is 16.2. The van der Waals surface area contributed by atoms with Crippen molar-refractivity contribution >= 4 is 17.6 Å². The lowest BCUT2D eigenvalue weighted by atomic mass is 9.98. The summed E-state index contributed by atoms with van der Waals surface area (Å²) in [6.07, 6.45) is 11.2. The number of benzene rings is 1. The van der Waals surface area contributed by atoms with Crippen molar-refractivity contribution in [2.45, 2.75) is 25.2 Å². The summed E-state index contributed by atoms with van der Waals surface area (Å²) < 4.78 is 19.1. The Labute approximate surface area is 162 Å². The summed E-state index contributed by atoms with van der Waals surface area (Å²) in [7, 11) is 0. The van der Waals surface area contributed by atoms with Crippen LogP contribution >= 0.6 is 11.6 Å². The molecule has 0 radical (unpaired) electrons. The number of carbonyl (C=O) groups is 1. The minimum Gasteiger partial charge on any atom is -0.462 e. The SMILES string of the molecule is O=C(N1C=COC(C2=C(Cl)C=CCC2)=C1)N1CCC(c2cccc(F)c2)C1. The molecule has 1 saturated heterocycles. The van der Waals surface area contributed by atoms with Crippen molar-refractivity contribution in [3.05, 3.63) is 82.8 Å². The van der Waals surface area contributed by atoms with Crippen molar-refractivity contribution in [1.82, 2.24) is 9.80 Å². The molecule has 0 bridgehead atoms. The van der Waals surface area contributed by atoms with Crippen LogP contribution in [0.4, 0.5) is 9.18 Å². The molecule has 140 valence electrons. The van der Waals surface area contributed by atoms with E-state index in [1.165, 1.54) is 17.2 Å². The lowest BCUT2D eigenvalue weighted by Gasteiger charge is -2.26. The number of carbonyl (C=O) groups excluding carboxylic acids is 1. The quantitative estimate of drug-likeness (QED) is 0.697. The molecule has 1 unspecified atom stereocenters. The fourth-order valence-electron chi connectivity index (χ4n) is 3.64. The third-order valence-electron chi connectivity index (χ3n) is 5.08. The summed E-state index contributed by atoms with van der Waals surface area (Å²) in [6, 6.07) is 6.50. The second kappa shape index (κ2) is 7.61. The van der Waals surface area contributed by atoms with Gasteiger partial charge in [0, 0.05) is 35.8 Å². The van der Waals surface area contributed by atoms with Gasteiger partial charge in [-0.2, -0.15) is 0 Å². The van der Waals surface area contributed by atoms with Gasteiger partial charge in [-0.25, -0.2) is 9.18 Å². The van der Waals surface area contributed by atoms with Gasteiger partial charge < -0.3 is 9.64 Å². The maximum absolute atomic E-state index is 13.5. The van der Waals surface area contributed by atoms with E-state index in [0.29, 0.717) is 23.9 Å². The molecular weight excluding hydrogens is 367 g/mol. The number of nitrogens with zero attached hydrogens (tertiary/aromatic N) is 2. The molecule has 1 fully saturated rings. The van der Waals surface area contributed by atoms with E-state index in [1.54, 1.807) is 29.4 Å². The minimum absolute atomic E-state index is 0.117. The van der Waals surface area contributed by atoms with Crippen LogP contribution in [0.2, 0.25) is 0 Å². The molecule has 1 aliphatic carbocycles. The number of hydrogen-bond donors (Lipinski definition) is 0.